The van der Waals surface area contributed by atoms with E-state index in [2.05, 4.69) is 25.4 Å². The van der Waals surface area contributed by atoms with E-state index in [0.717, 1.165) is 104 Å². The number of ether oxygens (including phenoxy) is 2. The number of rotatable bonds is 17. The molecule has 4 atom stereocenters. The van der Waals surface area contributed by atoms with Crippen molar-refractivity contribution in [2.75, 3.05) is 39.3 Å². The molecule has 6 aromatic carbocycles. The summed E-state index contributed by atoms with van der Waals surface area (Å²) in [4.78, 5) is 39.3. The predicted octanol–water partition coefficient (Wildman–Crippen LogP) is 9.22. The standard InChI is InChI=1S/C30H29ClFN3O4.C15H21ClN2O2.C15H10FNO3.B/c31-25-15-20(5-11-27(25)39-23-8-9-23)29(36)26(16-35-12-1-13-35)33-30(37)28-24-10-4-19(14-21(24)17-38-34-28)18-2-6-22(32)7-3-18;16-12-8-10(2-5-14(12)20-11-3-4-11)15(19)13(17)9-18-6-1-7-18;16-12-4-1-9(2-5-12)10-3-6-13-11(7-10)8-20-17-14(13)15(18)19;/h2-7,10-11,14-15,23,26,29,36H,1,8-9,12-13,16-17H2,(H,33,37);2,5,8,11,13,15,19H,1,3-4,6-7,9,17H2;1-7H,8H2,(H,18,19);/t26-,29-;13-,15-;;/m11../s1. The van der Waals surface area contributed by atoms with Crippen LogP contribution in [-0.2, 0) is 32.5 Å². The first kappa shape index (κ1) is 57.8. The quantitative estimate of drug-likeness (QED) is 0.0543. The van der Waals surface area contributed by atoms with Crippen LogP contribution in [0.25, 0.3) is 22.3 Å². The Balaban J connectivity index is 0.000000159. The van der Waals surface area contributed by atoms with Gasteiger partial charge in [0.05, 0.1) is 34.4 Å². The molecular formula is C60H60BCl2F2N6O9. The second-order valence-corrected chi connectivity index (χ2v) is 21.3. The lowest BCUT2D eigenvalue weighted by atomic mass is 9.95. The SMILES string of the molecule is N[C@H](CN1CCC1)[C@H](O)c1ccc(OC2CC2)c(Cl)c1.O=C(N[C@H](CN1CCC1)[C@H](O)c1ccc(OC2CC2)c(Cl)c1)C1=NOCc2cc(-c3ccc(F)cc3)ccc21.O=C(O)C1=NOCc2cc(-c3ccc(F)cc3)ccc21.[B]. The molecule has 80 heavy (non-hydrogen) atoms. The number of fused-ring (bicyclic) bond motifs is 2. The number of nitrogens with two attached hydrogens (primary N) is 1. The minimum Gasteiger partial charge on any atom is -0.489 e. The van der Waals surface area contributed by atoms with Gasteiger partial charge in [0, 0.05) is 49.8 Å². The molecule has 2 saturated heterocycles. The molecule has 6 N–H and O–H groups in total. The van der Waals surface area contributed by atoms with E-state index in [9.17, 15) is 28.6 Å². The van der Waals surface area contributed by atoms with Crippen LogP contribution in [0.5, 0.6) is 11.5 Å². The van der Waals surface area contributed by atoms with Crippen LogP contribution < -0.4 is 20.5 Å². The number of hydrogen-bond acceptors (Lipinski definition) is 13. The number of carboxylic acid groups (broad SMARTS) is 1. The highest BCUT2D eigenvalue weighted by atomic mass is 35.5. The minimum atomic E-state index is -1.12. The molecule has 1 amide bonds. The summed E-state index contributed by atoms with van der Waals surface area (Å²) in [6.07, 6.45) is 5.39. The van der Waals surface area contributed by atoms with Gasteiger partial charge < -0.3 is 55.3 Å². The number of amides is 1. The smallest absolute Gasteiger partial charge is 0.358 e. The van der Waals surface area contributed by atoms with E-state index in [1.54, 1.807) is 60.7 Å². The molecular weight excluding hydrogens is 1070 g/mol. The fraction of sp³-hybridized carbons (Fsp3) is 0.333. The van der Waals surface area contributed by atoms with Gasteiger partial charge in [0.15, 0.2) is 11.4 Å². The molecule has 0 spiro atoms. The fourth-order valence-electron chi connectivity index (χ4n) is 9.35. The Kier molecular flexibility index (Phi) is 18.9. The zero-order chi connectivity index (χ0) is 55.2. The number of aliphatic carboxylic acids is 1. The van der Waals surface area contributed by atoms with Crippen LogP contribution in [-0.4, -0.2) is 120 Å². The molecule has 2 aliphatic carbocycles. The van der Waals surface area contributed by atoms with E-state index in [1.807, 2.05) is 36.4 Å². The highest BCUT2D eigenvalue weighted by Gasteiger charge is 2.33. The number of carboxylic acids is 1. The first-order valence-corrected chi connectivity index (χ1v) is 27.2. The number of oxime groups is 2. The number of carbonyl (C=O) groups is 2. The zero-order valence-electron chi connectivity index (χ0n) is 43.7. The molecule has 0 aromatic heterocycles. The van der Waals surface area contributed by atoms with Crippen molar-refractivity contribution in [2.45, 2.75) is 88.2 Å². The van der Waals surface area contributed by atoms with Crippen LogP contribution in [0, 0.1) is 11.6 Å². The van der Waals surface area contributed by atoms with Gasteiger partial charge in [-0.15, -0.1) is 0 Å². The summed E-state index contributed by atoms with van der Waals surface area (Å²) in [6, 6.07) is 33.1. The van der Waals surface area contributed by atoms with Gasteiger partial charge in [0.2, 0.25) is 0 Å². The molecule has 6 aromatic rings. The molecule has 0 unspecified atom stereocenters. The van der Waals surface area contributed by atoms with Gasteiger partial charge in [-0.1, -0.05) is 94.2 Å². The monoisotopic (exact) mass is 1130 g/mol. The second-order valence-electron chi connectivity index (χ2n) is 20.4. The Morgan fingerprint density at radius 3 is 1.50 bits per heavy atom. The number of benzene rings is 6. The third-order valence-electron chi connectivity index (χ3n) is 14.4. The van der Waals surface area contributed by atoms with Crippen molar-refractivity contribution in [2.24, 2.45) is 16.0 Å². The molecule has 3 radical (unpaired) electrons. The number of nitrogens with one attached hydrogen (secondary N) is 1. The Hall–Kier alpha value is -6.90. The number of hydrogen-bond donors (Lipinski definition) is 5. The molecule has 0 bridgehead atoms. The first-order chi connectivity index (χ1) is 38.2. The molecule has 15 nitrogen and oxygen atoms in total. The fourth-order valence-corrected chi connectivity index (χ4v) is 9.82. The van der Waals surface area contributed by atoms with Gasteiger partial charge in [-0.2, -0.15) is 0 Å². The molecule has 12 rings (SSSR count). The van der Waals surface area contributed by atoms with Crippen LogP contribution in [0.1, 0.15) is 84.1 Å². The van der Waals surface area contributed by atoms with Gasteiger partial charge >= 0.3 is 5.97 Å². The zero-order valence-corrected chi connectivity index (χ0v) is 45.2. The van der Waals surface area contributed by atoms with Gasteiger partial charge in [0.1, 0.15) is 42.5 Å². The average molecular weight is 1130 g/mol. The van der Waals surface area contributed by atoms with E-state index < -0.39 is 30.1 Å². The first-order valence-electron chi connectivity index (χ1n) is 26.4. The number of nitrogens with zero attached hydrogens (tertiary/aromatic N) is 4. The third kappa shape index (κ3) is 14.5. The topological polar surface area (TPSA) is 201 Å². The van der Waals surface area contributed by atoms with E-state index in [4.69, 9.17) is 53.2 Å². The average Bonchev–Trinajstić information content (AvgIpc) is 4.41. The van der Waals surface area contributed by atoms with Crippen LogP contribution in [0.4, 0.5) is 8.78 Å². The highest BCUT2D eigenvalue weighted by molar-refractivity contribution is 6.46. The lowest BCUT2D eigenvalue weighted by molar-refractivity contribution is -0.129. The van der Waals surface area contributed by atoms with Crippen LogP contribution in [0.15, 0.2) is 132 Å². The van der Waals surface area contributed by atoms with E-state index >= 15 is 0 Å². The molecule has 2 saturated carbocycles. The lowest BCUT2D eigenvalue weighted by Crippen LogP contribution is -2.52. The van der Waals surface area contributed by atoms with Crippen molar-refractivity contribution >= 4 is 54.9 Å². The molecule has 4 heterocycles. The maximum Gasteiger partial charge on any atom is 0.358 e. The second kappa shape index (κ2) is 26.1. The van der Waals surface area contributed by atoms with E-state index in [1.165, 1.54) is 30.7 Å². The summed E-state index contributed by atoms with van der Waals surface area (Å²) >= 11 is 12.7. The molecule has 4 aliphatic heterocycles. The molecule has 6 aliphatic rings. The molecule has 4 fully saturated rings. The van der Waals surface area contributed by atoms with Crippen molar-refractivity contribution in [3.8, 4) is 33.8 Å². The van der Waals surface area contributed by atoms with Crippen molar-refractivity contribution < 1.29 is 52.8 Å². The van der Waals surface area contributed by atoms with Gasteiger partial charge in [-0.25, -0.2) is 13.6 Å². The van der Waals surface area contributed by atoms with Crippen LogP contribution in [0.2, 0.25) is 10.0 Å². The van der Waals surface area contributed by atoms with Gasteiger partial charge in [-0.05, 0) is 159 Å². The molecule has 415 valence electrons. The maximum atomic E-state index is 13.5. The number of likely N-dealkylation sites (tertiary alicyclic amines) is 2. The summed E-state index contributed by atoms with van der Waals surface area (Å²) in [6.45, 7) is 5.62. The summed E-state index contributed by atoms with van der Waals surface area (Å²) in [5, 5.41) is 42.3. The summed E-state index contributed by atoms with van der Waals surface area (Å²) < 4.78 is 37.8. The Bertz CT molecular complexity index is 3230. The normalized spacial score (nSPS) is 17.7. The summed E-state index contributed by atoms with van der Waals surface area (Å²) in [7, 11) is 0. The summed E-state index contributed by atoms with van der Waals surface area (Å²) in [5.41, 5.74) is 13.7. The summed E-state index contributed by atoms with van der Waals surface area (Å²) in [5.74, 6) is -0.859. The number of aliphatic hydroxyl groups is 2. The van der Waals surface area contributed by atoms with Crippen molar-refractivity contribution in [1.29, 1.82) is 0 Å². The van der Waals surface area contributed by atoms with Crippen LogP contribution in [0.3, 0.4) is 0 Å². The van der Waals surface area contributed by atoms with Gasteiger partial charge in [0.25, 0.3) is 5.91 Å². The Morgan fingerprint density at radius 1 is 0.625 bits per heavy atom. The van der Waals surface area contributed by atoms with E-state index in [0.29, 0.717) is 50.9 Å². The number of aliphatic hydroxyl groups excluding tert-OH is 2. The molecule has 20 heteroatoms. The van der Waals surface area contributed by atoms with Gasteiger partial charge in [-0.3, -0.25) is 4.79 Å². The third-order valence-corrected chi connectivity index (χ3v) is 15.0. The largest absolute Gasteiger partial charge is 0.489 e. The number of halogens is 4. The minimum absolute atomic E-state index is 0. The Labute approximate surface area is 474 Å². The van der Waals surface area contributed by atoms with Crippen molar-refractivity contribution in [3.05, 3.63) is 176 Å². The Morgan fingerprint density at radius 2 is 1.06 bits per heavy atom. The predicted molar refractivity (Wildman–Crippen MR) is 302 cm³/mol. The number of carbonyl (C=O) groups excluding carboxylic acids is 1. The van der Waals surface area contributed by atoms with Crippen LogP contribution >= 0.6 is 23.2 Å². The van der Waals surface area contributed by atoms with Crippen molar-refractivity contribution in [1.82, 2.24) is 15.1 Å². The lowest BCUT2D eigenvalue weighted by Gasteiger charge is -2.36. The van der Waals surface area contributed by atoms with Crippen molar-refractivity contribution in [3.63, 3.8) is 0 Å². The highest BCUT2D eigenvalue weighted by Crippen LogP contribution is 2.36. The maximum absolute atomic E-state index is 13.5. The van der Waals surface area contributed by atoms with E-state index in [-0.39, 0.29) is 56.8 Å².